The number of aliphatic hydroxyl groups is 1. The highest BCUT2D eigenvalue weighted by Crippen LogP contribution is 2.25. The summed E-state index contributed by atoms with van der Waals surface area (Å²) in [5.41, 5.74) is 0.977. The van der Waals surface area contributed by atoms with E-state index in [1.807, 2.05) is 6.07 Å². The van der Waals surface area contributed by atoms with Crippen LogP contribution in [0.25, 0.3) is 11.0 Å². The zero-order valence-electron chi connectivity index (χ0n) is 11.1. The fourth-order valence-corrected chi connectivity index (χ4v) is 1.59. The number of nitrogens with zero attached hydrogens (tertiary/aromatic N) is 3. The second kappa shape index (κ2) is 5.96. The molecule has 7 heteroatoms. The highest BCUT2D eigenvalue weighted by Gasteiger charge is 2.14. The summed E-state index contributed by atoms with van der Waals surface area (Å²) in [6.45, 7) is 3.22. The summed E-state index contributed by atoms with van der Waals surface area (Å²) in [6, 6.07) is 3.60. The van der Waals surface area contributed by atoms with Crippen LogP contribution in [0.2, 0.25) is 0 Å². The number of rotatable bonds is 4. The van der Waals surface area contributed by atoms with E-state index in [1.165, 1.54) is 6.92 Å². The first-order chi connectivity index (χ1) is 9.63. The molecule has 2 N–H and O–H groups in total. The third-order valence-electron chi connectivity index (χ3n) is 2.50. The fourth-order valence-electron chi connectivity index (χ4n) is 1.59. The van der Waals surface area contributed by atoms with Gasteiger partial charge in [0.2, 0.25) is 5.70 Å². The molecule has 0 atom stereocenters. The predicted molar refractivity (Wildman–Crippen MR) is 72.6 cm³/mol. The molecular weight excluding hydrogens is 260 g/mol. The molecule has 0 aromatic carbocycles. The molecule has 0 aliphatic rings. The van der Waals surface area contributed by atoms with Gasteiger partial charge < -0.3 is 14.8 Å². The lowest BCUT2D eigenvalue weighted by Crippen LogP contribution is -2.07. The number of carbonyl (C=O) groups excluding carboxylic acids is 1. The van der Waals surface area contributed by atoms with Gasteiger partial charge in [-0.1, -0.05) is 0 Å². The van der Waals surface area contributed by atoms with Crippen LogP contribution in [0.15, 0.2) is 46.2 Å². The Morgan fingerprint density at radius 3 is 3.05 bits per heavy atom. The summed E-state index contributed by atoms with van der Waals surface area (Å²) in [7, 11) is 0. The summed E-state index contributed by atoms with van der Waals surface area (Å²) >= 11 is 0. The molecule has 0 radical (unpaired) electrons. The number of H-pyrrole nitrogens is 1. The van der Waals surface area contributed by atoms with E-state index in [2.05, 4.69) is 20.2 Å². The molecule has 0 bridgehead atoms. The minimum Gasteiger partial charge on any atom is -0.510 e. The Hall–Kier alpha value is -2.70. The molecule has 20 heavy (non-hydrogen) atoms. The Kier molecular flexibility index (Phi) is 4.09. The second-order valence-electron chi connectivity index (χ2n) is 3.93. The number of aromatic nitrogens is 2. The van der Waals surface area contributed by atoms with Gasteiger partial charge in [0.15, 0.2) is 0 Å². The zero-order chi connectivity index (χ0) is 14.5. The third-order valence-corrected chi connectivity index (χ3v) is 2.50. The number of esters is 1. The SMILES string of the molecule is CCOC(=O)/C(N=Nc1c[nH]c2ncccc12)=C(\C)O. The normalized spacial score (nSPS) is 12.7. The predicted octanol–water partition coefficient (Wildman–Crippen LogP) is 3.00. The van der Waals surface area contributed by atoms with E-state index in [1.54, 1.807) is 25.4 Å². The van der Waals surface area contributed by atoms with Crippen LogP contribution < -0.4 is 0 Å². The van der Waals surface area contributed by atoms with Crippen LogP contribution in [0.4, 0.5) is 5.69 Å². The van der Waals surface area contributed by atoms with Crippen molar-refractivity contribution in [2.45, 2.75) is 13.8 Å². The van der Waals surface area contributed by atoms with E-state index in [0.717, 1.165) is 5.39 Å². The van der Waals surface area contributed by atoms with Gasteiger partial charge in [0.1, 0.15) is 17.1 Å². The first-order valence-electron chi connectivity index (χ1n) is 6.04. The van der Waals surface area contributed by atoms with Crippen molar-refractivity contribution in [3.63, 3.8) is 0 Å². The highest BCUT2D eigenvalue weighted by molar-refractivity contribution is 5.89. The average molecular weight is 274 g/mol. The van der Waals surface area contributed by atoms with E-state index in [9.17, 15) is 9.90 Å². The number of fused-ring (bicyclic) bond motifs is 1. The van der Waals surface area contributed by atoms with Gasteiger partial charge in [-0.25, -0.2) is 9.78 Å². The van der Waals surface area contributed by atoms with Crippen molar-refractivity contribution < 1.29 is 14.6 Å². The summed E-state index contributed by atoms with van der Waals surface area (Å²) in [6.07, 6.45) is 3.28. The summed E-state index contributed by atoms with van der Waals surface area (Å²) < 4.78 is 4.79. The molecule has 0 amide bonds. The van der Waals surface area contributed by atoms with Crippen LogP contribution in [-0.4, -0.2) is 27.7 Å². The van der Waals surface area contributed by atoms with E-state index in [4.69, 9.17) is 4.74 Å². The molecule has 0 fully saturated rings. The maximum atomic E-state index is 11.6. The smallest absolute Gasteiger partial charge is 0.362 e. The van der Waals surface area contributed by atoms with Crippen molar-refractivity contribution in [2.24, 2.45) is 10.2 Å². The number of azo groups is 1. The molecule has 2 aromatic rings. The van der Waals surface area contributed by atoms with Crippen LogP contribution >= 0.6 is 0 Å². The van der Waals surface area contributed by atoms with Crippen LogP contribution in [0.3, 0.4) is 0 Å². The summed E-state index contributed by atoms with van der Waals surface area (Å²) in [4.78, 5) is 18.6. The van der Waals surface area contributed by atoms with Crippen LogP contribution in [-0.2, 0) is 9.53 Å². The maximum Gasteiger partial charge on any atom is 0.362 e. The Labute approximate surface area is 115 Å². The van der Waals surface area contributed by atoms with Gasteiger partial charge in [-0.15, -0.1) is 10.2 Å². The highest BCUT2D eigenvalue weighted by atomic mass is 16.5. The molecule has 0 spiro atoms. The number of hydrogen-bond donors (Lipinski definition) is 2. The van der Waals surface area contributed by atoms with Gasteiger partial charge in [-0.05, 0) is 26.0 Å². The molecule has 0 saturated heterocycles. The van der Waals surface area contributed by atoms with Crippen molar-refractivity contribution in [2.75, 3.05) is 6.61 Å². The largest absolute Gasteiger partial charge is 0.510 e. The van der Waals surface area contributed by atoms with E-state index in [0.29, 0.717) is 11.3 Å². The van der Waals surface area contributed by atoms with Crippen LogP contribution in [0.5, 0.6) is 0 Å². The lowest BCUT2D eigenvalue weighted by atomic mass is 10.3. The summed E-state index contributed by atoms with van der Waals surface area (Å²) in [5, 5.41) is 18.0. The molecule has 7 nitrogen and oxygen atoms in total. The Morgan fingerprint density at radius 1 is 1.55 bits per heavy atom. The van der Waals surface area contributed by atoms with E-state index >= 15 is 0 Å². The number of aliphatic hydroxyl groups excluding tert-OH is 1. The van der Waals surface area contributed by atoms with Crippen molar-refractivity contribution in [3.8, 4) is 0 Å². The number of ether oxygens (including phenoxy) is 1. The number of aromatic amines is 1. The molecule has 2 heterocycles. The fraction of sp³-hybridized carbons (Fsp3) is 0.231. The minimum atomic E-state index is -0.714. The summed E-state index contributed by atoms with van der Waals surface area (Å²) in [5.74, 6) is -0.959. The first kappa shape index (κ1) is 13.7. The van der Waals surface area contributed by atoms with Gasteiger partial charge in [0.05, 0.1) is 6.61 Å². The molecule has 0 unspecified atom stereocenters. The van der Waals surface area contributed by atoms with Crippen molar-refractivity contribution in [3.05, 3.63) is 36.0 Å². The molecule has 0 aliphatic carbocycles. The van der Waals surface area contributed by atoms with Gasteiger partial charge in [0.25, 0.3) is 0 Å². The van der Waals surface area contributed by atoms with Gasteiger partial charge in [-0.3, -0.25) is 0 Å². The monoisotopic (exact) mass is 274 g/mol. The quantitative estimate of drug-likeness (QED) is 0.387. The van der Waals surface area contributed by atoms with Gasteiger partial charge in [0, 0.05) is 17.8 Å². The number of carbonyl (C=O) groups is 1. The second-order valence-corrected chi connectivity index (χ2v) is 3.93. The van der Waals surface area contributed by atoms with E-state index in [-0.39, 0.29) is 18.1 Å². The molecule has 0 saturated carbocycles. The number of hydrogen-bond acceptors (Lipinski definition) is 6. The maximum absolute atomic E-state index is 11.6. The lowest BCUT2D eigenvalue weighted by molar-refractivity contribution is -0.138. The molecule has 2 rings (SSSR count). The van der Waals surface area contributed by atoms with Gasteiger partial charge in [-0.2, -0.15) is 0 Å². The average Bonchev–Trinajstić information content (AvgIpc) is 2.82. The number of allylic oxidation sites excluding steroid dienone is 1. The molecule has 0 aliphatic heterocycles. The Bertz CT molecular complexity index is 684. The van der Waals surface area contributed by atoms with E-state index < -0.39 is 5.97 Å². The van der Waals surface area contributed by atoms with Crippen molar-refractivity contribution >= 4 is 22.7 Å². The molecule has 2 aromatic heterocycles. The third kappa shape index (κ3) is 2.82. The zero-order valence-corrected chi connectivity index (χ0v) is 11.1. The topological polar surface area (TPSA) is 99.9 Å². The standard InChI is InChI=1S/C13H14N4O3/c1-3-20-13(19)11(8(2)18)17-16-10-7-15-12-9(10)5-4-6-14-12/h4-7,18H,3H2,1-2H3,(H,14,15)/b11-8-,17-16?. The molecular formula is C13H14N4O3. The lowest BCUT2D eigenvalue weighted by Gasteiger charge is -2.01. The Balaban J connectivity index is 2.31. The van der Waals surface area contributed by atoms with Gasteiger partial charge >= 0.3 is 5.97 Å². The van der Waals surface area contributed by atoms with Crippen molar-refractivity contribution in [1.29, 1.82) is 0 Å². The van der Waals surface area contributed by atoms with Crippen molar-refractivity contribution in [1.82, 2.24) is 9.97 Å². The molecule has 104 valence electrons. The minimum absolute atomic E-state index is 0.197. The Morgan fingerprint density at radius 2 is 2.35 bits per heavy atom. The number of pyridine rings is 1. The first-order valence-corrected chi connectivity index (χ1v) is 6.04. The van der Waals surface area contributed by atoms with Crippen LogP contribution in [0.1, 0.15) is 13.8 Å². The van der Waals surface area contributed by atoms with Crippen LogP contribution in [0, 0.1) is 0 Å². The number of nitrogens with one attached hydrogen (secondary N) is 1.